The molecule has 0 aliphatic carbocycles. The molecule has 0 bridgehead atoms. The number of benzene rings is 1. The zero-order valence-corrected chi connectivity index (χ0v) is 11.6. The third-order valence-corrected chi connectivity index (χ3v) is 3.48. The van der Waals surface area contributed by atoms with Gasteiger partial charge >= 0.3 is 0 Å². The summed E-state index contributed by atoms with van der Waals surface area (Å²) in [4.78, 5) is 12.1. The Labute approximate surface area is 114 Å². The van der Waals surface area contributed by atoms with Gasteiger partial charge in [-0.25, -0.2) is 0 Å². The summed E-state index contributed by atoms with van der Waals surface area (Å²) in [6.07, 6.45) is 1.42. The number of hydrogen-bond acceptors (Lipinski definition) is 3. The van der Waals surface area contributed by atoms with E-state index in [0.29, 0.717) is 12.3 Å². The number of piperidine rings is 1. The maximum absolute atomic E-state index is 12.1. The molecule has 2 unspecified atom stereocenters. The van der Waals surface area contributed by atoms with Crippen molar-refractivity contribution in [3.63, 3.8) is 0 Å². The van der Waals surface area contributed by atoms with Gasteiger partial charge in [0.2, 0.25) is 5.91 Å². The summed E-state index contributed by atoms with van der Waals surface area (Å²) < 4.78 is 5.26. The predicted octanol–water partition coefficient (Wildman–Crippen LogP) is 1.35. The molecular weight excluding hydrogens is 240 g/mol. The molecular formula is C15H22N2O2. The maximum Gasteiger partial charge on any atom is 0.224 e. The lowest BCUT2D eigenvalue weighted by atomic mass is 9.97. The first-order chi connectivity index (χ1) is 9.19. The molecule has 1 aromatic rings. The summed E-state index contributed by atoms with van der Waals surface area (Å²) in [5.41, 5.74) is 0.930. The maximum atomic E-state index is 12.1. The molecule has 2 rings (SSSR count). The smallest absolute Gasteiger partial charge is 0.224 e. The van der Waals surface area contributed by atoms with Crippen LogP contribution in [0.4, 0.5) is 0 Å². The van der Waals surface area contributed by atoms with Gasteiger partial charge in [0.25, 0.3) is 0 Å². The second kappa shape index (κ2) is 6.57. The van der Waals surface area contributed by atoms with Crippen LogP contribution in [0, 0.1) is 5.92 Å². The summed E-state index contributed by atoms with van der Waals surface area (Å²) in [6.45, 7) is 4.10. The fourth-order valence-corrected chi connectivity index (χ4v) is 2.57. The average molecular weight is 262 g/mol. The molecule has 1 fully saturated rings. The molecule has 19 heavy (non-hydrogen) atoms. The standard InChI is InChI=1S/C15H22N2O2/c1-11-7-13(10-16-9-11)17-15(18)8-12-5-3-4-6-14(12)19-2/h3-6,11,13,16H,7-10H2,1-2H3,(H,17,18). The van der Waals surface area contributed by atoms with Crippen molar-refractivity contribution < 1.29 is 9.53 Å². The van der Waals surface area contributed by atoms with Gasteiger partial charge in [-0.15, -0.1) is 0 Å². The van der Waals surface area contributed by atoms with E-state index in [1.807, 2.05) is 24.3 Å². The summed E-state index contributed by atoms with van der Waals surface area (Å²) in [5.74, 6) is 1.45. The Kier molecular flexibility index (Phi) is 4.80. The van der Waals surface area contributed by atoms with E-state index in [0.717, 1.165) is 30.8 Å². The molecule has 0 spiro atoms. The van der Waals surface area contributed by atoms with E-state index >= 15 is 0 Å². The number of para-hydroxylation sites is 1. The zero-order chi connectivity index (χ0) is 13.7. The number of hydrogen-bond donors (Lipinski definition) is 2. The Balaban J connectivity index is 1.90. The first-order valence-electron chi connectivity index (χ1n) is 6.81. The largest absolute Gasteiger partial charge is 0.496 e. The molecule has 104 valence electrons. The Hall–Kier alpha value is -1.55. The molecule has 2 N–H and O–H groups in total. The summed E-state index contributed by atoms with van der Waals surface area (Å²) in [7, 11) is 1.63. The number of carbonyl (C=O) groups excluding carboxylic acids is 1. The highest BCUT2D eigenvalue weighted by Crippen LogP contribution is 2.18. The van der Waals surface area contributed by atoms with Crippen molar-refractivity contribution in [2.24, 2.45) is 5.92 Å². The van der Waals surface area contributed by atoms with Gasteiger partial charge in [-0.3, -0.25) is 4.79 Å². The van der Waals surface area contributed by atoms with Crippen LogP contribution in [0.3, 0.4) is 0 Å². The molecule has 1 aliphatic heterocycles. The van der Waals surface area contributed by atoms with Crippen LogP contribution in [0.2, 0.25) is 0 Å². The SMILES string of the molecule is COc1ccccc1CC(=O)NC1CNCC(C)C1. The van der Waals surface area contributed by atoms with E-state index in [1.165, 1.54) is 0 Å². The highest BCUT2D eigenvalue weighted by Gasteiger charge is 2.20. The Bertz CT molecular complexity index is 434. The number of ether oxygens (including phenoxy) is 1. The van der Waals surface area contributed by atoms with Crippen LogP contribution in [0.5, 0.6) is 5.75 Å². The van der Waals surface area contributed by atoms with Gasteiger partial charge in [0.1, 0.15) is 5.75 Å². The van der Waals surface area contributed by atoms with Crippen LogP contribution in [-0.4, -0.2) is 32.1 Å². The van der Waals surface area contributed by atoms with Crippen LogP contribution in [0.1, 0.15) is 18.9 Å². The first kappa shape index (κ1) is 13.9. The van der Waals surface area contributed by atoms with Crippen molar-refractivity contribution in [2.45, 2.75) is 25.8 Å². The van der Waals surface area contributed by atoms with E-state index in [1.54, 1.807) is 7.11 Å². The third-order valence-electron chi connectivity index (χ3n) is 3.48. The molecule has 0 aromatic heterocycles. The van der Waals surface area contributed by atoms with Crippen molar-refractivity contribution >= 4 is 5.91 Å². The van der Waals surface area contributed by atoms with Crippen LogP contribution < -0.4 is 15.4 Å². The highest BCUT2D eigenvalue weighted by atomic mass is 16.5. The van der Waals surface area contributed by atoms with Gasteiger partial charge in [-0.2, -0.15) is 0 Å². The number of methoxy groups -OCH3 is 1. The minimum Gasteiger partial charge on any atom is -0.496 e. The molecule has 1 aromatic carbocycles. The van der Waals surface area contributed by atoms with Crippen molar-refractivity contribution in [3.05, 3.63) is 29.8 Å². The molecule has 4 nitrogen and oxygen atoms in total. The molecule has 1 saturated heterocycles. The number of rotatable bonds is 4. The van der Waals surface area contributed by atoms with Crippen molar-refractivity contribution in [3.8, 4) is 5.75 Å². The molecule has 1 amide bonds. The normalized spacial score (nSPS) is 22.8. The lowest BCUT2D eigenvalue weighted by Gasteiger charge is -2.28. The molecule has 0 radical (unpaired) electrons. The molecule has 1 aliphatic rings. The average Bonchev–Trinajstić information content (AvgIpc) is 2.39. The lowest BCUT2D eigenvalue weighted by Crippen LogP contribution is -2.48. The van der Waals surface area contributed by atoms with Crippen LogP contribution in [-0.2, 0) is 11.2 Å². The quantitative estimate of drug-likeness (QED) is 0.861. The Morgan fingerprint density at radius 2 is 2.21 bits per heavy atom. The van der Waals surface area contributed by atoms with Gasteiger partial charge in [-0.05, 0) is 24.9 Å². The molecule has 2 atom stereocenters. The number of carbonyl (C=O) groups is 1. The minimum atomic E-state index is 0.0606. The summed E-state index contributed by atoms with van der Waals surface area (Å²) in [6, 6.07) is 7.89. The van der Waals surface area contributed by atoms with E-state index in [4.69, 9.17) is 4.74 Å². The first-order valence-corrected chi connectivity index (χ1v) is 6.81. The number of nitrogens with one attached hydrogen (secondary N) is 2. The van der Waals surface area contributed by atoms with Crippen molar-refractivity contribution in [2.75, 3.05) is 20.2 Å². The van der Waals surface area contributed by atoms with E-state index < -0.39 is 0 Å². The van der Waals surface area contributed by atoms with Crippen LogP contribution in [0.15, 0.2) is 24.3 Å². The second-order valence-corrected chi connectivity index (χ2v) is 5.25. The molecule has 4 heteroatoms. The van der Waals surface area contributed by atoms with Crippen molar-refractivity contribution in [1.82, 2.24) is 10.6 Å². The van der Waals surface area contributed by atoms with E-state index in [9.17, 15) is 4.79 Å². The minimum absolute atomic E-state index is 0.0606. The molecule has 0 saturated carbocycles. The Morgan fingerprint density at radius 1 is 1.42 bits per heavy atom. The zero-order valence-electron chi connectivity index (χ0n) is 11.6. The summed E-state index contributed by atoms with van der Waals surface area (Å²) in [5, 5.41) is 6.43. The number of amides is 1. The fourth-order valence-electron chi connectivity index (χ4n) is 2.57. The Morgan fingerprint density at radius 3 is 2.95 bits per heavy atom. The van der Waals surface area contributed by atoms with Gasteiger partial charge in [0.05, 0.1) is 13.5 Å². The third kappa shape index (κ3) is 3.96. The predicted molar refractivity (Wildman–Crippen MR) is 75.3 cm³/mol. The van der Waals surface area contributed by atoms with Gasteiger partial charge in [-0.1, -0.05) is 25.1 Å². The lowest BCUT2D eigenvalue weighted by molar-refractivity contribution is -0.121. The van der Waals surface area contributed by atoms with E-state index in [2.05, 4.69) is 17.6 Å². The second-order valence-electron chi connectivity index (χ2n) is 5.25. The van der Waals surface area contributed by atoms with Gasteiger partial charge in [0, 0.05) is 18.2 Å². The highest BCUT2D eigenvalue weighted by molar-refractivity contribution is 5.79. The monoisotopic (exact) mass is 262 g/mol. The van der Waals surface area contributed by atoms with E-state index in [-0.39, 0.29) is 11.9 Å². The van der Waals surface area contributed by atoms with Gasteiger partial charge < -0.3 is 15.4 Å². The molecule has 1 heterocycles. The topological polar surface area (TPSA) is 50.4 Å². The van der Waals surface area contributed by atoms with Crippen molar-refractivity contribution in [1.29, 1.82) is 0 Å². The van der Waals surface area contributed by atoms with Crippen LogP contribution >= 0.6 is 0 Å². The fraction of sp³-hybridized carbons (Fsp3) is 0.533. The van der Waals surface area contributed by atoms with Crippen LogP contribution in [0.25, 0.3) is 0 Å². The van der Waals surface area contributed by atoms with Gasteiger partial charge in [0.15, 0.2) is 0 Å². The summed E-state index contributed by atoms with van der Waals surface area (Å²) >= 11 is 0.